The number of aromatic nitrogens is 1. The third-order valence-electron chi connectivity index (χ3n) is 5.53. The van der Waals surface area contributed by atoms with Crippen LogP contribution in [0.25, 0.3) is 0 Å². The molecule has 0 atom stereocenters. The van der Waals surface area contributed by atoms with Crippen LogP contribution in [0.1, 0.15) is 27.9 Å². The van der Waals surface area contributed by atoms with Crippen molar-refractivity contribution < 1.29 is 45.2 Å². The average molecular weight is 660 g/mol. The van der Waals surface area contributed by atoms with Crippen LogP contribution in [0.4, 0.5) is 11.4 Å². The number of para-hydroxylation sites is 2. The van der Waals surface area contributed by atoms with Crippen LogP contribution in [0.15, 0.2) is 60.8 Å². The Bertz CT molecular complexity index is 856. The van der Waals surface area contributed by atoms with Crippen molar-refractivity contribution in [2.24, 2.45) is 0 Å². The number of nitrogens with one attached hydrogen (secondary N) is 2. The Morgan fingerprint density at radius 3 is 1.52 bits per heavy atom. The summed E-state index contributed by atoms with van der Waals surface area (Å²) in [5, 5.41) is 7.28. The van der Waals surface area contributed by atoms with E-state index in [9.17, 15) is 0 Å². The van der Waals surface area contributed by atoms with Crippen molar-refractivity contribution in [3.63, 3.8) is 0 Å². The summed E-state index contributed by atoms with van der Waals surface area (Å²) in [7, 11) is 0. The van der Waals surface area contributed by atoms with Gasteiger partial charge in [-0.15, -0.1) is 0 Å². The van der Waals surface area contributed by atoms with Crippen LogP contribution >= 0.6 is 0 Å². The maximum atomic E-state index is 4.53. The smallest absolute Gasteiger partial charge is 0.0543 e. The fourth-order valence-electron chi connectivity index (χ4n) is 3.86. The maximum Gasteiger partial charge on any atom is 0.0543 e. The van der Waals surface area contributed by atoms with E-state index in [0.29, 0.717) is 0 Å². The minimum Gasteiger partial charge on any atom is -1.00 e. The van der Waals surface area contributed by atoms with Gasteiger partial charge in [0, 0.05) is 70.7 Å². The monoisotopic (exact) mass is 659 g/mol. The number of hydrogen-bond acceptors (Lipinski definition) is 4. The molecule has 2 N–H and O–H groups in total. The zero-order valence-corrected chi connectivity index (χ0v) is 24.1. The van der Waals surface area contributed by atoms with E-state index in [0.717, 1.165) is 38.4 Å². The van der Waals surface area contributed by atoms with Gasteiger partial charge in [0.1, 0.15) is 0 Å². The standard InChI is InChI=1S/C26H34N4.2ClH.Re/c1-20-9-7-10-21(2)25(20)28-15-17-30(19-24-13-5-6-14-27-24)18-16-29-26-22(3)11-8-12-23(26)4;;;/h5-14,28-29H,15-19H2,1-4H3;2*1H;/p-2. The van der Waals surface area contributed by atoms with Crippen molar-refractivity contribution in [2.75, 3.05) is 36.8 Å². The Balaban J connectivity index is 0.00000341. The van der Waals surface area contributed by atoms with Gasteiger partial charge in [-0.3, -0.25) is 9.88 Å². The largest absolute Gasteiger partial charge is 1.00 e. The van der Waals surface area contributed by atoms with E-state index in [1.807, 2.05) is 12.3 Å². The molecule has 0 fully saturated rings. The second-order valence-electron chi connectivity index (χ2n) is 7.98. The normalized spacial score (nSPS) is 9.97. The number of hydrogen-bond donors (Lipinski definition) is 2. The van der Waals surface area contributed by atoms with Crippen LogP contribution in [-0.2, 0) is 27.0 Å². The quantitative estimate of drug-likeness (QED) is 0.304. The molecule has 3 aromatic rings. The van der Waals surface area contributed by atoms with Crippen molar-refractivity contribution >= 4 is 11.4 Å². The van der Waals surface area contributed by atoms with E-state index in [1.165, 1.54) is 33.6 Å². The molecule has 7 heteroatoms. The summed E-state index contributed by atoms with van der Waals surface area (Å²) in [5.41, 5.74) is 8.79. The molecular formula is C26H34Cl2N4Re-2. The van der Waals surface area contributed by atoms with Gasteiger partial charge >= 0.3 is 0 Å². The summed E-state index contributed by atoms with van der Waals surface area (Å²) in [5.74, 6) is 0. The first-order valence-electron chi connectivity index (χ1n) is 10.8. The van der Waals surface area contributed by atoms with E-state index < -0.39 is 0 Å². The topological polar surface area (TPSA) is 40.2 Å². The van der Waals surface area contributed by atoms with E-state index in [2.05, 4.69) is 96.7 Å². The predicted octanol–water partition coefficient (Wildman–Crippen LogP) is -0.653. The molecule has 0 amide bonds. The van der Waals surface area contributed by atoms with Gasteiger partial charge in [-0.2, -0.15) is 0 Å². The molecule has 1 aromatic heterocycles. The SMILES string of the molecule is Cc1cccc(C)c1NCCN(CCNc1c(C)cccc1C)Cc1ccccn1.[Cl-].[Cl-].[Re]. The van der Waals surface area contributed by atoms with Gasteiger partial charge in [-0.05, 0) is 62.1 Å². The van der Waals surface area contributed by atoms with E-state index in [4.69, 9.17) is 0 Å². The van der Waals surface area contributed by atoms with Crippen molar-refractivity contribution in [2.45, 2.75) is 34.2 Å². The number of pyridine rings is 1. The molecule has 0 aliphatic heterocycles. The third kappa shape index (κ3) is 9.65. The van der Waals surface area contributed by atoms with E-state index in [-0.39, 0.29) is 45.2 Å². The summed E-state index contributed by atoms with van der Waals surface area (Å²) >= 11 is 0. The van der Waals surface area contributed by atoms with Crippen LogP contribution in [0.2, 0.25) is 0 Å². The van der Waals surface area contributed by atoms with Gasteiger partial charge in [-0.1, -0.05) is 42.5 Å². The number of rotatable bonds is 10. The van der Waals surface area contributed by atoms with E-state index in [1.54, 1.807) is 0 Å². The summed E-state index contributed by atoms with van der Waals surface area (Å²) in [4.78, 5) is 6.99. The Morgan fingerprint density at radius 2 is 1.12 bits per heavy atom. The molecule has 3 rings (SSSR count). The van der Waals surface area contributed by atoms with Gasteiger partial charge in [0.25, 0.3) is 0 Å². The van der Waals surface area contributed by atoms with Crippen LogP contribution in [0.3, 0.4) is 0 Å². The Kier molecular flexibility index (Phi) is 15.3. The zero-order valence-electron chi connectivity index (χ0n) is 19.8. The van der Waals surface area contributed by atoms with E-state index >= 15 is 0 Å². The van der Waals surface area contributed by atoms with Crippen LogP contribution < -0.4 is 35.4 Å². The van der Waals surface area contributed by atoms with Crippen molar-refractivity contribution in [3.8, 4) is 0 Å². The minimum absolute atomic E-state index is 0. The molecule has 181 valence electrons. The number of halogens is 2. The molecule has 0 aliphatic rings. The first kappa shape index (κ1) is 31.4. The minimum atomic E-state index is 0. The second-order valence-corrected chi connectivity index (χ2v) is 7.98. The van der Waals surface area contributed by atoms with Crippen LogP contribution in [0, 0.1) is 27.7 Å². The molecule has 0 spiro atoms. The number of nitrogens with zero attached hydrogens (tertiary/aromatic N) is 2. The molecule has 4 nitrogen and oxygen atoms in total. The third-order valence-corrected chi connectivity index (χ3v) is 5.53. The molecule has 0 saturated heterocycles. The van der Waals surface area contributed by atoms with Gasteiger partial charge in [0.2, 0.25) is 0 Å². The number of benzene rings is 2. The van der Waals surface area contributed by atoms with Gasteiger partial charge in [0.05, 0.1) is 5.69 Å². The van der Waals surface area contributed by atoms with Crippen molar-refractivity contribution in [3.05, 3.63) is 88.7 Å². The molecule has 0 saturated carbocycles. The maximum absolute atomic E-state index is 4.53. The fraction of sp³-hybridized carbons (Fsp3) is 0.346. The Labute approximate surface area is 225 Å². The molecule has 1 radical (unpaired) electrons. The number of anilines is 2. The van der Waals surface area contributed by atoms with Gasteiger partial charge in [0.15, 0.2) is 0 Å². The fourth-order valence-corrected chi connectivity index (χ4v) is 3.86. The number of aryl methyl sites for hydroxylation is 4. The van der Waals surface area contributed by atoms with Crippen molar-refractivity contribution in [1.29, 1.82) is 0 Å². The predicted molar refractivity (Wildman–Crippen MR) is 128 cm³/mol. The summed E-state index contributed by atoms with van der Waals surface area (Å²) in [6.07, 6.45) is 1.87. The molecular weight excluding hydrogens is 625 g/mol. The Hall–Kier alpha value is -1.61. The average Bonchev–Trinajstić information content (AvgIpc) is 2.73. The van der Waals surface area contributed by atoms with Crippen molar-refractivity contribution in [1.82, 2.24) is 9.88 Å². The Morgan fingerprint density at radius 1 is 0.667 bits per heavy atom. The second kappa shape index (κ2) is 16.1. The molecule has 0 bridgehead atoms. The first-order valence-corrected chi connectivity index (χ1v) is 10.8. The zero-order chi connectivity index (χ0) is 21.3. The van der Waals surface area contributed by atoms with Gasteiger partial charge < -0.3 is 35.4 Å². The summed E-state index contributed by atoms with van der Waals surface area (Å²) in [6, 6.07) is 19.0. The first-order chi connectivity index (χ1) is 14.5. The van der Waals surface area contributed by atoms with Crippen LogP contribution in [-0.4, -0.2) is 36.1 Å². The summed E-state index contributed by atoms with van der Waals surface area (Å²) in [6.45, 7) is 13.2. The molecule has 33 heavy (non-hydrogen) atoms. The molecule has 1 heterocycles. The molecule has 2 aromatic carbocycles. The van der Waals surface area contributed by atoms with Crippen LogP contribution in [0.5, 0.6) is 0 Å². The molecule has 0 aliphatic carbocycles. The molecule has 0 unspecified atom stereocenters. The summed E-state index contributed by atoms with van der Waals surface area (Å²) < 4.78 is 0. The van der Waals surface area contributed by atoms with Gasteiger partial charge in [-0.25, -0.2) is 0 Å².